The van der Waals surface area contributed by atoms with Crippen molar-refractivity contribution in [1.82, 2.24) is 14.6 Å². The van der Waals surface area contributed by atoms with Crippen LogP contribution in [-0.2, 0) is 10.0 Å². The SMILES string of the molecule is Cc1nc(N)sc1S(=O)(=O)NCC1(N(C)C)CCCC1. The lowest BCUT2D eigenvalue weighted by atomic mass is 9.97. The van der Waals surface area contributed by atoms with Crippen LogP contribution >= 0.6 is 11.3 Å². The smallest absolute Gasteiger partial charge is 0.252 e. The molecule has 8 heteroatoms. The summed E-state index contributed by atoms with van der Waals surface area (Å²) in [6.07, 6.45) is 4.33. The summed E-state index contributed by atoms with van der Waals surface area (Å²) in [7, 11) is 0.489. The Morgan fingerprint density at radius 3 is 2.45 bits per heavy atom. The highest BCUT2D eigenvalue weighted by Gasteiger charge is 2.37. The molecule has 2 rings (SSSR count). The van der Waals surface area contributed by atoms with Gasteiger partial charge in [0.2, 0.25) is 0 Å². The van der Waals surface area contributed by atoms with Crippen LogP contribution in [0, 0.1) is 6.92 Å². The number of sulfonamides is 1. The first-order chi connectivity index (χ1) is 9.27. The number of anilines is 1. The van der Waals surface area contributed by atoms with Gasteiger partial charge < -0.3 is 10.6 Å². The van der Waals surface area contributed by atoms with E-state index in [1.807, 2.05) is 14.1 Å². The van der Waals surface area contributed by atoms with Crippen molar-refractivity contribution in [1.29, 1.82) is 0 Å². The van der Waals surface area contributed by atoms with E-state index in [0.29, 0.717) is 12.2 Å². The molecule has 1 heterocycles. The summed E-state index contributed by atoms with van der Waals surface area (Å²) < 4.78 is 27.7. The summed E-state index contributed by atoms with van der Waals surface area (Å²) in [4.78, 5) is 6.11. The van der Waals surface area contributed by atoms with Gasteiger partial charge in [0.05, 0.1) is 5.69 Å². The number of likely N-dealkylation sites (N-methyl/N-ethyl adjacent to an activating group) is 1. The molecule has 1 aliphatic carbocycles. The van der Waals surface area contributed by atoms with Crippen molar-refractivity contribution >= 4 is 26.5 Å². The number of nitrogens with two attached hydrogens (primary N) is 1. The average molecular weight is 318 g/mol. The number of hydrogen-bond acceptors (Lipinski definition) is 6. The van der Waals surface area contributed by atoms with Crippen LogP contribution in [-0.4, -0.2) is 44.5 Å². The fraction of sp³-hybridized carbons (Fsp3) is 0.750. The first-order valence-corrected chi connectivity index (χ1v) is 8.97. The zero-order valence-electron chi connectivity index (χ0n) is 12.1. The molecule has 1 saturated carbocycles. The standard InChI is InChI=1S/C12H22N4O2S2/c1-9-10(19-11(13)15-9)20(17,18)14-8-12(16(2)3)6-4-5-7-12/h14H,4-8H2,1-3H3,(H2,13,15). The Morgan fingerprint density at radius 2 is 2.00 bits per heavy atom. The van der Waals surface area contributed by atoms with E-state index in [0.717, 1.165) is 37.0 Å². The molecule has 0 spiro atoms. The van der Waals surface area contributed by atoms with Gasteiger partial charge in [0.25, 0.3) is 10.0 Å². The minimum absolute atomic E-state index is 0.0722. The van der Waals surface area contributed by atoms with E-state index in [1.54, 1.807) is 6.92 Å². The largest absolute Gasteiger partial charge is 0.375 e. The molecule has 0 atom stereocenters. The third-order valence-corrected chi connectivity index (χ3v) is 7.09. The van der Waals surface area contributed by atoms with Crippen molar-refractivity contribution in [3.05, 3.63) is 5.69 Å². The van der Waals surface area contributed by atoms with Crippen molar-refractivity contribution < 1.29 is 8.42 Å². The lowest BCUT2D eigenvalue weighted by Crippen LogP contribution is -2.50. The quantitative estimate of drug-likeness (QED) is 0.851. The van der Waals surface area contributed by atoms with E-state index >= 15 is 0 Å². The molecular formula is C12H22N4O2S2. The molecule has 6 nitrogen and oxygen atoms in total. The molecule has 1 aliphatic rings. The van der Waals surface area contributed by atoms with Gasteiger partial charge in [-0.05, 0) is 33.9 Å². The summed E-state index contributed by atoms with van der Waals surface area (Å²) in [5, 5.41) is 0.283. The van der Waals surface area contributed by atoms with Gasteiger partial charge in [0.1, 0.15) is 0 Å². The zero-order valence-corrected chi connectivity index (χ0v) is 13.8. The molecule has 1 fully saturated rings. The van der Waals surface area contributed by atoms with E-state index in [2.05, 4.69) is 14.6 Å². The molecule has 1 aromatic heterocycles. The lowest BCUT2D eigenvalue weighted by Gasteiger charge is -2.36. The second-order valence-corrected chi connectivity index (χ2v) is 8.57. The molecule has 20 heavy (non-hydrogen) atoms. The predicted molar refractivity (Wildman–Crippen MR) is 81.3 cm³/mol. The topological polar surface area (TPSA) is 88.3 Å². The summed E-state index contributed by atoms with van der Waals surface area (Å²) in [6.45, 7) is 2.10. The first kappa shape index (κ1) is 15.7. The molecular weight excluding hydrogens is 296 g/mol. The molecule has 3 N–H and O–H groups in total. The lowest BCUT2D eigenvalue weighted by molar-refractivity contribution is 0.162. The highest BCUT2D eigenvalue weighted by Crippen LogP contribution is 2.34. The summed E-state index contributed by atoms with van der Waals surface area (Å²) in [5.74, 6) is 0. The third-order valence-electron chi connectivity index (χ3n) is 4.09. The van der Waals surface area contributed by atoms with Gasteiger partial charge in [-0.1, -0.05) is 24.2 Å². The van der Waals surface area contributed by atoms with Crippen LogP contribution in [0.25, 0.3) is 0 Å². The summed E-state index contributed by atoms with van der Waals surface area (Å²) >= 11 is 1.01. The molecule has 0 unspecified atom stereocenters. The normalized spacial score (nSPS) is 18.8. The van der Waals surface area contributed by atoms with Crippen molar-refractivity contribution in [3.63, 3.8) is 0 Å². The third kappa shape index (κ3) is 2.98. The number of nitrogen functional groups attached to an aromatic ring is 1. The molecule has 0 aliphatic heterocycles. The van der Waals surface area contributed by atoms with Gasteiger partial charge in [-0.2, -0.15) is 0 Å². The van der Waals surface area contributed by atoms with Crippen LogP contribution in [0.2, 0.25) is 0 Å². The number of rotatable bonds is 5. The predicted octanol–water partition coefficient (Wildman–Crippen LogP) is 1.19. The van der Waals surface area contributed by atoms with E-state index in [-0.39, 0.29) is 14.9 Å². The number of aryl methyl sites for hydroxylation is 1. The van der Waals surface area contributed by atoms with Gasteiger partial charge >= 0.3 is 0 Å². The molecule has 1 aromatic rings. The molecule has 0 aromatic carbocycles. The highest BCUT2D eigenvalue weighted by molar-refractivity contribution is 7.91. The van der Waals surface area contributed by atoms with E-state index < -0.39 is 10.0 Å². The fourth-order valence-corrected chi connectivity index (χ4v) is 5.22. The molecule has 0 bridgehead atoms. The van der Waals surface area contributed by atoms with Gasteiger partial charge in [0.15, 0.2) is 9.34 Å². The van der Waals surface area contributed by atoms with Crippen molar-refractivity contribution in [2.45, 2.75) is 42.4 Å². The number of nitrogens with zero attached hydrogens (tertiary/aromatic N) is 2. The Kier molecular flexibility index (Phi) is 4.38. The minimum atomic E-state index is -3.53. The Balaban J connectivity index is 2.15. The number of thiazole rings is 1. The number of nitrogens with one attached hydrogen (secondary N) is 1. The Labute approximate surface area is 124 Å². The van der Waals surface area contributed by atoms with Crippen LogP contribution in [0.5, 0.6) is 0 Å². The molecule has 0 radical (unpaired) electrons. The molecule has 114 valence electrons. The van der Waals surface area contributed by atoms with Crippen LogP contribution < -0.4 is 10.5 Å². The minimum Gasteiger partial charge on any atom is -0.375 e. The van der Waals surface area contributed by atoms with Gasteiger partial charge in [-0.25, -0.2) is 18.1 Å². The highest BCUT2D eigenvalue weighted by atomic mass is 32.2. The second kappa shape index (κ2) is 5.59. The Bertz CT molecular complexity index is 574. The van der Waals surface area contributed by atoms with Crippen LogP contribution in [0.15, 0.2) is 4.21 Å². The second-order valence-electron chi connectivity index (χ2n) is 5.58. The monoisotopic (exact) mass is 318 g/mol. The number of hydrogen-bond donors (Lipinski definition) is 2. The van der Waals surface area contributed by atoms with Gasteiger partial charge in [-0.15, -0.1) is 0 Å². The summed E-state index contributed by atoms with van der Waals surface area (Å²) in [5.41, 5.74) is 5.97. The van der Waals surface area contributed by atoms with E-state index in [1.165, 1.54) is 0 Å². The maximum Gasteiger partial charge on any atom is 0.252 e. The molecule has 0 amide bonds. The maximum absolute atomic E-state index is 12.4. The van der Waals surface area contributed by atoms with Crippen molar-refractivity contribution in [2.75, 3.05) is 26.4 Å². The van der Waals surface area contributed by atoms with Gasteiger partial charge in [0, 0.05) is 12.1 Å². The zero-order chi connectivity index (χ0) is 15.0. The van der Waals surface area contributed by atoms with Gasteiger partial charge in [-0.3, -0.25) is 0 Å². The molecule has 0 saturated heterocycles. The average Bonchev–Trinajstić information content (AvgIpc) is 2.94. The van der Waals surface area contributed by atoms with E-state index in [9.17, 15) is 8.42 Å². The van der Waals surface area contributed by atoms with Crippen molar-refractivity contribution in [3.8, 4) is 0 Å². The van der Waals surface area contributed by atoms with Crippen molar-refractivity contribution in [2.24, 2.45) is 0 Å². The number of aromatic nitrogens is 1. The Hall–Kier alpha value is -0.700. The maximum atomic E-state index is 12.4. The van der Waals surface area contributed by atoms with Crippen LogP contribution in [0.1, 0.15) is 31.4 Å². The first-order valence-electron chi connectivity index (χ1n) is 6.67. The van der Waals surface area contributed by atoms with Crippen LogP contribution in [0.4, 0.5) is 5.13 Å². The van der Waals surface area contributed by atoms with Crippen LogP contribution in [0.3, 0.4) is 0 Å². The fourth-order valence-electron chi connectivity index (χ4n) is 2.76. The Morgan fingerprint density at radius 1 is 1.40 bits per heavy atom. The van der Waals surface area contributed by atoms with E-state index in [4.69, 9.17) is 5.73 Å². The summed E-state index contributed by atoms with van der Waals surface area (Å²) in [6, 6.07) is 0.